The monoisotopic (exact) mass is 261 g/mol. The van der Waals surface area contributed by atoms with E-state index in [0.717, 1.165) is 0 Å². The minimum absolute atomic E-state index is 0.0462. The Labute approximate surface area is 118 Å². The molecule has 0 spiro atoms. The van der Waals surface area contributed by atoms with E-state index >= 15 is 0 Å². The van der Waals surface area contributed by atoms with E-state index in [9.17, 15) is 4.79 Å². The van der Waals surface area contributed by atoms with Gasteiger partial charge < -0.3 is 5.32 Å². The van der Waals surface area contributed by atoms with Crippen molar-refractivity contribution in [2.75, 3.05) is 0 Å². The molecule has 1 N–H and O–H groups in total. The van der Waals surface area contributed by atoms with Crippen molar-refractivity contribution in [3.63, 3.8) is 0 Å². The molecule has 2 aromatic carbocycles. The Morgan fingerprint density at radius 1 is 0.900 bits per heavy atom. The van der Waals surface area contributed by atoms with Gasteiger partial charge in [0, 0.05) is 5.92 Å². The third-order valence-electron chi connectivity index (χ3n) is 4.34. The molecule has 1 heterocycles. The summed E-state index contributed by atoms with van der Waals surface area (Å²) in [4.78, 5) is 12.2. The molecule has 4 rings (SSSR count). The lowest BCUT2D eigenvalue weighted by Gasteiger charge is -2.26. The second kappa shape index (κ2) is 4.34. The number of carbonyl (C=O) groups is 1. The number of carbonyl (C=O) groups excluding carboxylic acids is 1. The van der Waals surface area contributed by atoms with Crippen molar-refractivity contribution in [2.24, 2.45) is 5.92 Å². The third-order valence-corrected chi connectivity index (χ3v) is 4.34. The van der Waals surface area contributed by atoms with Gasteiger partial charge in [0.1, 0.15) is 0 Å². The first-order valence-corrected chi connectivity index (χ1v) is 6.97. The minimum atomic E-state index is -0.0462. The van der Waals surface area contributed by atoms with E-state index in [0.29, 0.717) is 0 Å². The third kappa shape index (κ3) is 1.61. The molecule has 1 amide bonds. The molecule has 1 aliphatic carbocycles. The van der Waals surface area contributed by atoms with Crippen molar-refractivity contribution in [1.82, 2.24) is 5.32 Å². The normalized spacial score (nSPS) is 26.8. The van der Waals surface area contributed by atoms with Gasteiger partial charge >= 0.3 is 0 Å². The average molecular weight is 261 g/mol. The van der Waals surface area contributed by atoms with Crippen LogP contribution in [-0.2, 0) is 4.79 Å². The number of amides is 1. The number of hydrogen-bond acceptors (Lipinski definition) is 1. The fourth-order valence-electron chi connectivity index (χ4n) is 3.41. The van der Waals surface area contributed by atoms with Crippen molar-refractivity contribution >= 4 is 12.0 Å². The second-order valence-corrected chi connectivity index (χ2v) is 5.44. The molecular formula is C18H15NO. The Balaban J connectivity index is 1.85. The van der Waals surface area contributed by atoms with Crippen LogP contribution in [0.15, 0.2) is 60.7 Å². The zero-order valence-electron chi connectivity index (χ0n) is 11.0. The first-order valence-electron chi connectivity index (χ1n) is 6.97. The molecule has 2 heteroatoms. The summed E-state index contributed by atoms with van der Waals surface area (Å²) < 4.78 is 0. The summed E-state index contributed by atoms with van der Waals surface area (Å²) in [5.74, 6) is 0.288. The van der Waals surface area contributed by atoms with Crippen LogP contribution in [0.25, 0.3) is 6.08 Å². The maximum absolute atomic E-state index is 12.2. The van der Waals surface area contributed by atoms with Crippen LogP contribution in [0.4, 0.5) is 0 Å². The zero-order valence-corrected chi connectivity index (χ0v) is 11.0. The number of rotatable bonds is 1. The molecular weight excluding hydrogens is 246 g/mol. The summed E-state index contributed by atoms with van der Waals surface area (Å²) >= 11 is 0. The molecule has 2 aromatic rings. The maximum Gasteiger partial charge on any atom is 0.228 e. The van der Waals surface area contributed by atoms with Crippen molar-refractivity contribution in [1.29, 1.82) is 0 Å². The standard InChI is InChI=1S/C18H15NO/c20-18-15-11-10-12-6-4-5-9-14(12)16(15)17(19-18)13-7-2-1-3-8-13/h1-11,15-17H,(H,19,20)/t15-,16+,17-/m0/s1. The Morgan fingerprint density at radius 3 is 2.50 bits per heavy atom. The van der Waals surface area contributed by atoms with Crippen LogP contribution in [0.2, 0.25) is 0 Å². The Morgan fingerprint density at radius 2 is 1.65 bits per heavy atom. The molecule has 2 aliphatic rings. The van der Waals surface area contributed by atoms with E-state index in [1.165, 1.54) is 16.7 Å². The molecule has 1 aliphatic heterocycles. The van der Waals surface area contributed by atoms with Gasteiger partial charge in [0.2, 0.25) is 5.91 Å². The van der Waals surface area contributed by atoms with Crippen LogP contribution in [0.1, 0.15) is 28.7 Å². The van der Waals surface area contributed by atoms with Crippen LogP contribution >= 0.6 is 0 Å². The first-order chi connectivity index (χ1) is 9.84. The van der Waals surface area contributed by atoms with Crippen molar-refractivity contribution in [3.05, 3.63) is 77.4 Å². The Bertz CT molecular complexity index is 690. The lowest BCUT2D eigenvalue weighted by molar-refractivity contribution is -0.121. The van der Waals surface area contributed by atoms with Crippen LogP contribution in [0, 0.1) is 5.92 Å². The van der Waals surface area contributed by atoms with Crippen LogP contribution in [-0.4, -0.2) is 5.91 Å². The molecule has 1 saturated heterocycles. The molecule has 0 saturated carbocycles. The Hall–Kier alpha value is -2.35. The molecule has 98 valence electrons. The number of fused-ring (bicyclic) bond motifs is 3. The van der Waals surface area contributed by atoms with Gasteiger partial charge in [-0.05, 0) is 16.7 Å². The molecule has 0 aromatic heterocycles. The highest BCUT2D eigenvalue weighted by molar-refractivity contribution is 5.87. The van der Waals surface area contributed by atoms with Crippen molar-refractivity contribution in [2.45, 2.75) is 12.0 Å². The first kappa shape index (κ1) is 11.5. The van der Waals surface area contributed by atoms with Gasteiger partial charge in [-0.2, -0.15) is 0 Å². The summed E-state index contributed by atoms with van der Waals surface area (Å²) in [6.07, 6.45) is 4.12. The van der Waals surface area contributed by atoms with Crippen molar-refractivity contribution in [3.8, 4) is 0 Å². The maximum atomic E-state index is 12.2. The van der Waals surface area contributed by atoms with Gasteiger partial charge in [-0.25, -0.2) is 0 Å². The van der Waals surface area contributed by atoms with Gasteiger partial charge in [-0.1, -0.05) is 66.7 Å². The molecule has 0 bridgehead atoms. The largest absolute Gasteiger partial charge is 0.348 e. The van der Waals surface area contributed by atoms with Gasteiger partial charge in [0.05, 0.1) is 12.0 Å². The van der Waals surface area contributed by atoms with E-state index in [1.54, 1.807) is 0 Å². The number of nitrogens with one attached hydrogen (secondary N) is 1. The Kier molecular flexibility index (Phi) is 2.49. The SMILES string of the molecule is O=C1N[C@@H](c2ccccc2)[C@@H]2c3ccccc3C=C[C@H]12. The molecule has 2 nitrogen and oxygen atoms in total. The van der Waals surface area contributed by atoms with E-state index < -0.39 is 0 Å². The molecule has 20 heavy (non-hydrogen) atoms. The number of benzene rings is 2. The molecule has 0 radical (unpaired) electrons. The van der Waals surface area contributed by atoms with E-state index in [2.05, 4.69) is 41.7 Å². The predicted molar refractivity (Wildman–Crippen MR) is 79.0 cm³/mol. The van der Waals surface area contributed by atoms with Gasteiger partial charge in [-0.15, -0.1) is 0 Å². The summed E-state index contributed by atoms with van der Waals surface area (Å²) in [6.45, 7) is 0. The molecule has 3 atom stereocenters. The van der Waals surface area contributed by atoms with Gasteiger partial charge in [-0.3, -0.25) is 4.79 Å². The molecule has 0 unspecified atom stereocenters. The van der Waals surface area contributed by atoms with E-state index in [1.807, 2.05) is 30.3 Å². The summed E-state index contributed by atoms with van der Waals surface area (Å²) in [5.41, 5.74) is 3.68. The lowest BCUT2D eigenvalue weighted by Crippen LogP contribution is -2.20. The average Bonchev–Trinajstić information content (AvgIpc) is 2.86. The van der Waals surface area contributed by atoms with Gasteiger partial charge in [0.15, 0.2) is 0 Å². The van der Waals surface area contributed by atoms with E-state index in [4.69, 9.17) is 0 Å². The van der Waals surface area contributed by atoms with Crippen LogP contribution in [0.3, 0.4) is 0 Å². The van der Waals surface area contributed by atoms with E-state index in [-0.39, 0.29) is 23.8 Å². The summed E-state index contributed by atoms with van der Waals surface area (Å²) in [5, 5.41) is 3.16. The summed E-state index contributed by atoms with van der Waals surface area (Å²) in [7, 11) is 0. The highest BCUT2D eigenvalue weighted by atomic mass is 16.2. The highest BCUT2D eigenvalue weighted by Gasteiger charge is 2.44. The summed E-state index contributed by atoms with van der Waals surface area (Å²) in [6, 6.07) is 18.7. The van der Waals surface area contributed by atoms with Gasteiger partial charge in [0.25, 0.3) is 0 Å². The second-order valence-electron chi connectivity index (χ2n) is 5.44. The molecule has 1 fully saturated rings. The fraction of sp³-hybridized carbons (Fsp3) is 0.167. The van der Waals surface area contributed by atoms with Crippen LogP contribution < -0.4 is 5.32 Å². The van der Waals surface area contributed by atoms with Crippen molar-refractivity contribution < 1.29 is 4.79 Å². The minimum Gasteiger partial charge on any atom is -0.348 e. The fourth-order valence-corrected chi connectivity index (χ4v) is 3.41. The zero-order chi connectivity index (χ0) is 13.5. The number of hydrogen-bond donors (Lipinski definition) is 1. The quantitative estimate of drug-likeness (QED) is 0.838. The topological polar surface area (TPSA) is 29.1 Å². The highest BCUT2D eigenvalue weighted by Crippen LogP contribution is 2.46. The smallest absolute Gasteiger partial charge is 0.228 e. The lowest BCUT2D eigenvalue weighted by atomic mass is 9.76. The predicted octanol–water partition coefficient (Wildman–Crippen LogP) is 3.28. The van der Waals surface area contributed by atoms with Crippen LogP contribution in [0.5, 0.6) is 0 Å².